The number of aryl methyl sites for hydroxylation is 3. The van der Waals surface area contributed by atoms with Crippen LogP contribution in [0.2, 0.25) is 0 Å². The zero-order chi connectivity index (χ0) is 25.7. The van der Waals surface area contributed by atoms with Crippen molar-refractivity contribution in [3.63, 3.8) is 0 Å². The first-order chi connectivity index (χ1) is 16.2. The summed E-state index contributed by atoms with van der Waals surface area (Å²) in [5.74, 6) is 0. The molecule has 2 aromatic carbocycles. The molecule has 0 saturated heterocycles. The van der Waals surface area contributed by atoms with Crippen molar-refractivity contribution in [3.8, 4) is 0 Å². The molecule has 0 unspecified atom stereocenters. The number of rotatable bonds is 4. The van der Waals surface area contributed by atoms with Gasteiger partial charge in [-0.2, -0.15) is 13.5 Å². The van der Waals surface area contributed by atoms with E-state index in [4.69, 9.17) is 4.74 Å². The molecule has 0 radical (unpaired) electrons. The average Bonchev–Trinajstić information content (AvgIpc) is 3.16. The van der Waals surface area contributed by atoms with Gasteiger partial charge in [-0.25, -0.2) is 14.2 Å². The molecule has 9 nitrogen and oxygen atoms in total. The second kappa shape index (κ2) is 8.67. The number of fused-ring (bicyclic) bond motifs is 2. The minimum Gasteiger partial charge on any atom is -0.443 e. The van der Waals surface area contributed by atoms with E-state index in [2.05, 4.69) is 5.10 Å². The number of ether oxygens (including phenoxy) is 1. The van der Waals surface area contributed by atoms with Gasteiger partial charge in [-0.3, -0.25) is 9.10 Å². The number of nitrogens with zero attached hydrogens (tertiary/aromatic N) is 3. The first kappa shape index (κ1) is 24.7. The predicted molar refractivity (Wildman–Crippen MR) is 135 cm³/mol. The number of amides is 1. The highest BCUT2D eigenvalue weighted by molar-refractivity contribution is 7.91. The summed E-state index contributed by atoms with van der Waals surface area (Å²) in [6.07, 6.45) is -0.0117. The summed E-state index contributed by atoms with van der Waals surface area (Å²) in [6.45, 7) is 9.19. The molecule has 0 fully saturated rings. The highest BCUT2D eigenvalue weighted by Crippen LogP contribution is 2.32. The lowest BCUT2D eigenvalue weighted by Crippen LogP contribution is -2.44. The lowest BCUT2D eigenvalue weighted by Gasteiger charge is -2.23. The summed E-state index contributed by atoms with van der Waals surface area (Å²) >= 11 is 0. The molecule has 3 aromatic rings. The van der Waals surface area contributed by atoms with Crippen LogP contribution < -0.4 is 14.6 Å². The van der Waals surface area contributed by atoms with Crippen molar-refractivity contribution in [1.82, 2.24) is 14.5 Å². The molecule has 1 amide bonds. The Kier molecular flexibility index (Phi) is 6.12. The summed E-state index contributed by atoms with van der Waals surface area (Å²) in [5.41, 5.74) is 4.29. The molecular formula is C25H30N4O5S. The van der Waals surface area contributed by atoms with E-state index in [9.17, 15) is 18.0 Å². The average molecular weight is 499 g/mol. The van der Waals surface area contributed by atoms with Crippen LogP contribution in [0.1, 0.15) is 48.7 Å². The van der Waals surface area contributed by atoms with E-state index >= 15 is 0 Å². The molecule has 2 heterocycles. The van der Waals surface area contributed by atoms with Crippen molar-refractivity contribution in [2.75, 3.05) is 10.8 Å². The Morgan fingerprint density at radius 1 is 1.11 bits per heavy atom. The van der Waals surface area contributed by atoms with Crippen molar-refractivity contribution < 1.29 is 17.9 Å². The molecule has 0 saturated carbocycles. The Balaban J connectivity index is 1.62. The monoisotopic (exact) mass is 498 g/mol. The molecule has 0 spiro atoms. The molecule has 4 rings (SSSR count). The van der Waals surface area contributed by atoms with Gasteiger partial charge >= 0.3 is 16.3 Å². The molecule has 0 aliphatic carbocycles. The van der Waals surface area contributed by atoms with Crippen LogP contribution in [0.25, 0.3) is 10.8 Å². The number of hydrogen-bond acceptors (Lipinski definition) is 6. The maximum Gasteiger partial charge on any atom is 0.422 e. The lowest BCUT2D eigenvalue weighted by atomic mass is 9.99. The van der Waals surface area contributed by atoms with Gasteiger partial charge in [0.05, 0.1) is 16.8 Å². The Hall–Kier alpha value is -3.40. The van der Waals surface area contributed by atoms with Crippen molar-refractivity contribution >= 4 is 32.8 Å². The van der Waals surface area contributed by atoms with E-state index in [-0.39, 0.29) is 12.1 Å². The number of nitrogens with one attached hydrogen (secondary N) is 1. The van der Waals surface area contributed by atoms with Gasteiger partial charge in [0.1, 0.15) is 5.60 Å². The lowest BCUT2D eigenvalue weighted by molar-refractivity contribution is 0.0570. The van der Waals surface area contributed by atoms with E-state index in [0.29, 0.717) is 23.9 Å². The van der Waals surface area contributed by atoms with Crippen LogP contribution >= 0.6 is 0 Å². The van der Waals surface area contributed by atoms with Gasteiger partial charge in [-0.15, -0.1) is 0 Å². The molecule has 0 bridgehead atoms. The fourth-order valence-corrected chi connectivity index (χ4v) is 5.39. The van der Waals surface area contributed by atoms with Gasteiger partial charge in [0, 0.05) is 25.4 Å². The molecule has 0 atom stereocenters. The fraction of sp³-hybridized carbons (Fsp3) is 0.400. The highest BCUT2D eigenvalue weighted by Gasteiger charge is 2.32. The second-order valence-electron chi connectivity index (χ2n) is 9.93. The number of benzene rings is 2. The van der Waals surface area contributed by atoms with E-state index in [1.54, 1.807) is 33.9 Å². The third-order valence-corrected chi connectivity index (χ3v) is 7.39. The second-order valence-corrected chi connectivity index (χ2v) is 11.5. The largest absolute Gasteiger partial charge is 0.443 e. The third-order valence-electron chi connectivity index (χ3n) is 6.01. The van der Waals surface area contributed by atoms with Crippen molar-refractivity contribution in [3.05, 3.63) is 68.6 Å². The maximum absolute atomic E-state index is 12.8. The molecular weight excluding hydrogens is 468 g/mol. The smallest absolute Gasteiger partial charge is 0.422 e. The van der Waals surface area contributed by atoms with Crippen LogP contribution in [0.15, 0.2) is 35.1 Å². The van der Waals surface area contributed by atoms with Crippen LogP contribution in [-0.4, -0.2) is 36.4 Å². The Bertz CT molecular complexity index is 1500. The topological polar surface area (TPSA) is 111 Å². The molecule has 35 heavy (non-hydrogen) atoms. The summed E-state index contributed by atoms with van der Waals surface area (Å²) < 4.78 is 35.2. The quantitative estimate of drug-likeness (QED) is 0.591. The zero-order valence-electron chi connectivity index (χ0n) is 20.8. The molecule has 186 valence electrons. The number of anilines is 1. The fourth-order valence-electron chi connectivity index (χ4n) is 4.25. The van der Waals surface area contributed by atoms with Gasteiger partial charge in [-0.05, 0) is 81.5 Å². The van der Waals surface area contributed by atoms with E-state index < -0.39 is 21.9 Å². The highest BCUT2D eigenvalue weighted by atomic mass is 32.2. The van der Waals surface area contributed by atoms with Crippen molar-refractivity contribution in [2.45, 2.75) is 53.1 Å². The molecule has 1 N–H and O–H groups in total. The summed E-state index contributed by atoms with van der Waals surface area (Å²) in [5, 5.41) is 5.97. The van der Waals surface area contributed by atoms with E-state index in [1.165, 1.54) is 8.99 Å². The van der Waals surface area contributed by atoms with Crippen LogP contribution in [0.4, 0.5) is 10.5 Å². The van der Waals surface area contributed by atoms with Crippen LogP contribution in [-0.2, 0) is 34.8 Å². The molecule has 1 aliphatic rings. The summed E-state index contributed by atoms with van der Waals surface area (Å²) in [7, 11) is -2.46. The molecule has 1 aromatic heterocycles. The van der Waals surface area contributed by atoms with Crippen LogP contribution in [0.3, 0.4) is 0 Å². The minimum absolute atomic E-state index is 0.140. The first-order valence-electron chi connectivity index (χ1n) is 11.4. The standard InChI is InChI=1S/C25H30N4O5S/c1-15-11-19-20(12-16(15)2)23(30)28(6)26-21(19)14-17-7-8-22-18(13-17)9-10-29(22)35(32,33)27-24(31)34-25(3,4)5/h7-8,11-13H,9-10,14H2,1-6H3,(H,27,31). The van der Waals surface area contributed by atoms with Gasteiger partial charge in [0.2, 0.25) is 0 Å². The predicted octanol–water partition coefficient (Wildman–Crippen LogP) is 3.27. The summed E-state index contributed by atoms with van der Waals surface area (Å²) in [4.78, 5) is 24.7. The minimum atomic E-state index is -4.11. The SMILES string of the molecule is Cc1cc2c(Cc3ccc4c(c3)CCN4S(=O)(=O)NC(=O)OC(C)(C)C)nn(C)c(=O)c2cc1C. The molecule has 10 heteroatoms. The van der Waals surface area contributed by atoms with Crippen LogP contribution in [0.5, 0.6) is 0 Å². The third kappa shape index (κ3) is 5.02. The van der Waals surface area contributed by atoms with Crippen molar-refractivity contribution in [2.24, 2.45) is 7.05 Å². The van der Waals surface area contributed by atoms with E-state index in [0.717, 1.165) is 33.3 Å². The van der Waals surface area contributed by atoms with Gasteiger partial charge in [0.15, 0.2) is 0 Å². The van der Waals surface area contributed by atoms with Gasteiger partial charge in [0.25, 0.3) is 5.56 Å². The number of carbonyl (C=O) groups is 1. The van der Waals surface area contributed by atoms with Gasteiger partial charge < -0.3 is 4.74 Å². The molecule has 1 aliphatic heterocycles. The Morgan fingerprint density at radius 3 is 2.43 bits per heavy atom. The number of hydrogen-bond donors (Lipinski definition) is 1. The normalized spacial score (nSPS) is 13.7. The zero-order valence-corrected chi connectivity index (χ0v) is 21.6. The maximum atomic E-state index is 12.8. The van der Waals surface area contributed by atoms with Gasteiger partial charge in [-0.1, -0.05) is 12.1 Å². The first-order valence-corrected chi connectivity index (χ1v) is 12.8. The Morgan fingerprint density at radius 2 is 1.77 bits per heavy atom. The van der Waals surface area contributed by atoms with E-state index in [1.807, 2.05) is 42.8 Å². The number of aromatic nitrogens is 2. The van der Waals surface area contributed by atoms with Crippen LogP contribution in [0, 0.1) is 13.8 Å². The summed E-state index contributed by atoms with van der Waals surface area (Å²) in [6, 6.07) is 9.45. The Labute approximate surface area is 204 Å². The number of carbonyl (C=O) groups excluding carboxylic acids is 1. The van der Waals surface area contributed by atoms with Crippen molar-refractivity contribution in [1.29, 1.82) is 0 Å².